The molecule has 0 spiro atoms. The summed E-state index contributed by atoms with van der Waals surface area (Å²) >= 11 is 3.57. The Morgan fingerprint density at radius 1 is 1.50 bits per heavy atom. The van der Waals surface area contributed by atoms with Crippen LogP contribution >= 0.6 is 15.9 Å². The summed E-state index contributed by atoms with van der Waals surface area (Å²) in [6, 6.07) is 5.96. The number of nitrogen functional groups attached to an aromatic ring is 1. The molecule has 1 aromatic carbocycles. The zero-order valence-electron chi connectivity index (χ0n) is 9.45. The Morgan fingerprint density at radius 2 is 2.31 bits per heavy atom. The molecule has 1 atom stereocenters. The van der Waals surface area contributed by atoms with Gasteiger partial charge in [0.2, 0.25) is 0 Å². The first-order valence-corrected chi connectivity index (χ1v) is 6.37. The van der Waals surface area contributed by atoms with Crippen LogP contribution in [0.2, 0.25) is 0 Å². The molecule has 1 aliphatic rings. The second-order valence-corrected chi connectivity index (χ2v) is 5.05. The monoisotopic (exact) mass is 284 g/mol. The van der Waals surface area contributed by atoms with Gasteiger partial charge in [-0.15, -0.1) is 0 Å². The van der Waals surface area contributed by atoms with Crippen molar-refractivity contribution in [3.05, 3.63) is 22.7 Å². The van der Waals surface area contributed by atoms with E-state index in [1.54, 1.807) is 0 Å². The van der Waals surface area contributed by atoms with Gasteiger partial charge in [-0.2, -0.15) is 0 Å². The first kappa shape index (κ1) is 11.7. The van der Waals surface area contributed by atoms with Crippen LogP contribution in [0, 0.1) is 0 Å². The van der Waals surface area contributed by atoms with Gasteiger partial charge < -0.3 is 15.4 Å². The Balaban J connectivity index is 2.21. The predicted molar refractivity (Wildman–Crippen MR) is 70.8 cm³/mol. The van der Waals surface area contributed by atoms with Gasteiger partial charge in [-0.1, -0.05) is 0 Å². The van der Waals surface area contributed by atoms with E-state index in [2.05, 4.69) is 33.8 Å². The lowest BCUT2D eigenvalue weighted by atomic mass is 10.2. The van der Waals surface area contributed by atoms with E-state index in [0.29, 0.717) is 0 Å². The van der Waals surface area contributed by atoms with E-state index >= 15 is 0 Å². The van der Waals surface area contributed by atoms with Crippen LogP contribution in [0.25, 0.3) is 0 Å². The Kier molecular flexibility index (Phi) is 3.71. The SMILES string of the molecule is CC1CN(c2ccc(N)cc2Br)CCCO1. The molecule has 2 rings (SSSR count). The number of nitrogens with zero attached hydrogens (tertiary/aromatic N) is 1. The number of halogens is 1. The third kappa shape index (κ3) is 2.68. The smallest absolute Gasteiger partial charge is 0.0721 e. The first-order chi connectivity index (χ1) is 7.66. The highest BCUT2D eigenvalue weighted by Crippen LogP contribution is 2.29. The minimum Gasteiger partial charge on any atom is -0.399 e. The highest BCUT2D eigenvalue weighted by atomic mass is 79.9. The van der Waals surface area contributed by atoms with Gasteiger partial charge in [0.15, 0.2) is 0 Å². The summed E-state index contributed by atoms with van der Waals surface area (Å²) in [7, 11) is 0. The topological polar surface area (TPSA) is 38.5 Å². The zero-order valence-corrected chi connectivity index (χ0v) is 11.0. The molecule has 0 aliphatic carbocycles. The maximum Gasteiger partial charge on any atom is 0.0721 e. The Morgan fingerprint density at radius 3 is 3.06 bits per heavy atom. The molecule has 0 saturated carbocycles. The van der Waals surface area contributed by atoms with Crippen molar-refractivity contribution in [1.82, 2.24) is 0 Å². The summed E-state index contributed by atoms with van der Waals surface area (Å²) in [5, 5.41) is 0. The van der Waals surface area contributed by atoms with E-state index in [-0.39, 0.29) is 6.10 Å². The van der Waals surface area contributed by atoms with E-state index in [9.17, 15) is 0 Å². The van der Waals surface area contributed by atoms with E-state index < -0.39 is 0 Å². The second kappa shape index (κ2) is 5.06. The molecule has 1 heterocycles. The van der Waals surface area contributed by atoms with Crippen molar-refractivity contribution in [2.45, 2.75) is 19.4 Å². The maximum absolute atomic E-state index is 5.74. The molecule has 0 bridgehead atoms. The van der Waals surface area contributed by atoms with Gasteiger partial charge in [-0.05, 0) is 47.5 Å². The van der Waals surface area contributed by atoms with Crippen molar-refractivity contribution >= 4 is 27.3 Å². The second-order valence-electron chi connectivity index (χ2n) is 4.19. The van der Waals surface area contributed by atoms with Crippen molar-refractivity contribution in [3.8, 4) is 0 Å². The number of hydrogen-bond donors (Lipinski definition) is 1. The van der Waals surface area contributed by atoms with Crippen molar-refractivity contribution in [2.24, 2.45) is 0 Å². The van der Waals surface area contributed by atoms with Crippen LogP contribution in [0.15, 0.2) is 22.7 Å². The number of ether oxygens (including phenoxy) is 1. The highest BCUT2D eigenvalue weighted by molar-refractivity contribution is 9.10. The molecular formula is C12H17BrN2O. The fourth-order valence-electron chi connectivity index (χ4n) is 1.99. The molecule has 16 heavy (non-hydrogen) atoms. The Bertz CT molecular complexity index is 370. The van der Waals surface area contributed by atoms with Gasteiger partial charge in [-0.25, -0.2) is 0 Å². The van der Waals surface area contributed by atoms with E-state index in [4.69, 9.17) is 10.5 Å². The number of hydrogen-bond acceptors (Lipinski definition) is 3. The standard InChI is InChI=1S/C12H17BrN2O/c1-9-8-15(5-2-6-16-9)12-4-3-10(14)7-11(12)13/h3-4,7,9H,2,5-6,8,14H2,1H3. The largest absolute Gasteiger partial charge is 0.399 e. The molecule has 1 saturated heterocycles. The van der Waals surface area contributed by atoms with E-state index in [1.807, 2.05) is 12.1 Å². The van der Waals surface area contributed by atoms with Gasteiger partial charge >= 0.3 is 0 Å². The summed E-state index contributed by atoms with van der Waals surface area (Å²) in [5.74, 6) is 0. The fourth-order valence-corrected chi connectivity index (χ4v) is 2.64. The molecule has 1 aliphatic heterocycles. The summed E-state index contributed by atoms with van der Waals surface area (Å²) in [6.45, 7) is 4.93. The average Bonchev–Trinajstić information content (AvgIpc) is 2.43. The molecule has 2 N–H and O–H groups in total. The molecule has 0 aromatic heterocycles. The van der Waals surface area contributed by atoms with E-state index in [0.717, 1.165) is 36.3 Å². The van der Waals surface area contributed by atoms with Crippen molar-refractivity contribution in [2.75, 3.05) is 30.3 Å². The van der Waals surface area contributed by atoms with Gasteiger partial charge in [-0.3, -0.25) is 0 Å². The number of anilines is 2. The molecule has 0 radical (unpaired) electrons. The van der Waals surface area contributed by atoms with Crippen LogP contribution in [0.5, 0.6) is 0 Å². The predicted octanol–water partition coefficient (Wildman–Crippen LogP) is 2.65. The number of nitrogens with two attached hydrogens (primary N) is 1. The van der Waals surface area contributed by atoms with Gasteiger partial charge in [0, 0.05) is 29.9 Å². The van der Waals surface area contributed by atoms with Crippen LogP contribution < -0.4 is 10.6 Å². The molecule has 0 amide bonds. The van der Waals surface area contributed by atoms with Crippen LogP contribution in [0.4, 0.5) is 11.4 Å². The van der Waals surface area contributed by atoms with Crippen LogP contribution in [-0.4, -0.2) is 25.8 Å². The lowest BCUT2D eigenvalue weighted by Crippen LogP contribution is -2.30. The minimum atomic E-state index is 0.284. The molecule has 1 aromatic rings. The maximum atomic E-state index is 5.74. The molecular weight excluding hydrogens is 268 g/mol. The molecule has 1 unspecified atom stereocenters. The lowest BCUT2D eigenvalue weighted by molar-refractivity contribution is 0.0821. The van der Waals surface area contributed by atoms with Gasteiger partial charge in [0.1, 0.15) is 0 Å². The fraction of sp³-hybridized carbons (Fsp3) is 0.500. The highest BCUT2D eigenvalue weighted by Gasteiger charge is 2.17. The normalized spacial score (nSPS) is 21.9. The summed E-state index contributed by atoms with van der Waals surface area (Å²) in [5.41, 5.74) is 7.73. The molecule has 88 valence electrons. The summed E-state index contributed by atoms with van der Waals surface area (Å²) < 4.78 is 6.69. The third-order valence-electron chi connectivity index (χ3n) is 2.76. The summed E-state index contributed by atoms with van der Waals surface area (Å²) in [4.78, 5) is 2.35. The Labute approximate surface area is 105 Å². The minimum absolute atomic E-state index is 0.284. The molecule has 3 nitrogen and oxygen atoms in total. The quantitative estimate of drug-likeness (QED) is 0.806. The van der Waals surface area contributed by atoms with Crippen LogP contribution in [0.3, 0.4) is 0 Å². The number of benzene rings is 1. The van der Waals surface area contributed by atoms with Crippen molar-refractivity contribution < 1.29 is 4.74 Å². The number of rotatable bonds is 1. The van der Waals surface area contributed by atoms with Crippen molar-refractivity contribution in [1.29, 1.82) is 0 Å². The zero-order chi connectivity index (χ0) is 11.5. The van der Waals surface area contributed by atoms with Gasteiger partial charge in [0.25, 0.3) is 0 Å². The van der Waals surface area contributed by atoms with Crippen LogP contribution in [-0.2, 0) is 4.74 Å². The third-order valence-corrected chi connectivity index (χ3v) is 3.40. The molecule has 1 fully saturated rings. The Hall–Kier alpha value is -0.740. The average molecular weight is 285 g/mol. The molecule has 4 heteroatoms. The van der Waals surface area contributed by atoms with Crippen LogP contribution in [0.1, 0.15) is 13.3 Å². The first-order valence-electron chi connectivity index (χ1n) is 5.58. The van der Waals surface area contributed by atoms with Gasteiger partial charge in [0.05, 0.1) is 11.8 Å². The van der Waals surface area contributed by atoms with E-state index in [1.165, 1.54) is 5.69 Å². The summed E-state index contributed by atoms with van der Waals surface area (Å²) in [6.07, 6.45) is 1.35. The van der Waals surface area contributed by atoms with Crippen molar-refractivity contribution in [3.63, 3.8) is 0 Å². The lowest BCUT2D eigenvalue weighted by Gasteiger charge is -2.25.